The quantitative estimate of drug-likeness (QED) is 0.369. The molecule has 0 aliphatic heterocycles. The summed E-state index contributed by atoms with van der Waals surface area (Å²) < 4.78 is 15.7. The zero-order chi connectivity index (χ0) is 18.1. The van der Waals surface area contributed by atoms with E-state index in [1.165, 1.54) is 0 Å². The molecule has 0 spiro atoms. The van der Waals surface area contributed by atoms with Crippen molar-refractivity contribution >= 4 is 24.9 Å². The van der Waals surface area contributed by atoms with Crippen LogP contribution in [-0.4, -0.2) is 9.79 Å². The van der Waals surface area contributed by atoms with Crippen molar-refractivity contribution in [2.45, 2.75) is 0 Å². The van der Waals surface area contributed by atoms with Crippen molar-refractivity contribution in [2.24, 2.45) is 0 Å². The molecule has 7 heteroatoms. The van der Waals surface area contributed by atoms with Crippen LogP contribution in [0.15, 0.2) is 91.0 Å². The molecule has 0 atom stereocenters. The van der Waals surface area contributed by atoms with Gasteiger partial charge in [0.1, 0.15) is 0 Å². The van der Waals surface area contributed by atoms with Gasteiger partial charge in [-0.3, -0.25) is 0 Å². The molecular weight excluding hydrogens is 339 g/mol. The summed E-state index contributed by atoms with van der Waals surface area (Å²) in [7, 11) is -4.63. The molecule has 0 aromatic heterocycles. The molecule has 0 aliphatic carbocycles. The van der Waals surface area contributed by atoms with E-state index >= 15 is 0 Å². The van der Waals surface area contributed by atoms with Gasteiger partial charge in [0.2, 0.25) is 0 Å². The minimum atomic E-state index is -4.63. The van der Waals surface area contributed by atoms with E-state index in [0.29, 0.717) is 11.4 Å². The first kappa shape index (κ1) is 18.7. The fourth-order valence-corrected chi connectivity index (χ4v) is 2.33. The predicted octanol–water partition coefficient (Wildman–Crippen LogP) is 4.12. The molecule has 0 unspecified atom stereocenters. The van der Waals surface area contributed by atoms with Crippen LogP contribution in [-0.2, 0) is 9.19 Å². The maximum atomic E-state index is 11.0. The summed E-state index contributed by atoms with van der Waals surface area (Å²) in [4.78, 5) is 17.9. The third-order valence-corrected chi connectivity index (χ3v) is 3.35. The highest BCUT2D eigenvalue weighted by molar-refractivity contribution is 7.46. The average Bonchev–Trinajstić information content (AvgIpc) is 2.62. The summed E-state index contributed by atoms with van der Waals surface area (Å²) in [5.74, 6) is 0. The second-order valence-electron chi connectivity index (χ2n) is 4.95. The molecule has 0 radical (unpaired) electrons. The van der Waals surface area contributed by atoms with Crippen molar-refractivity contribution in [1.29, 1.82) is 0 Å². The summed E-state index contributed by atoms with van der Waals surface area (Å²) in [5.41, 5.74) is 7.25. The molecule has 0 bridgehead atoms. The normalized spacial score (nSPS) is 10.5. The lowest BCUT2D eigenvalue weighted by molar-refractivity contribution is 0.199. The topological polar surface area (TPSA) is 96.0 Å². The van der Waals surface area contributed by atoms with Crippen LogP contribution in [0.2, 0.25) is 0 Å². The molecule has 6 nitrogen and oxygen atoms in total. The van der Waals surface area contributed by atoms with E-state index in [0.717, 1.165) is 10.8 Å². The van der Waals surface area contributed by atoms with Gasteiger partial charge in [-0.2, -0.15) is 4.62 Å². The van der Waals surface area contributed by atoms with Crippen LogP contribution >= 0.6 is 7.82 Å². The fraction of sp³-hybridized carbons (Fsp3) is 0. The van der Waals surface area contributed by atoms with Crippen molar-refractivity contribution in [1.82, 2.24) is 0 Å². The maximum absolute atomic E-state index is 11.0. The number of phosphoric acid groups is 1. The molecule has 3 rings (SSSR count). The van der Waals surface area contributed by atoms with Crippen LogP contribution in [0.1, 0.15) is 0 Å². The molecule has 0 heterocycles. The van der Waals surface area contributed by atoms with E-state index in [2.05, 4.69) is 0 Å². The molecule has 3 aromatic carbocycles. The zero-order valence-corrected chi connectivity index (χ0v) is 14.2. The van der Waals surface area contributed by atoms with Gasteiger partial charge in [0.15, 0.2) is 0 Å². The first-order valence-corrected chi connectivity index (χ1v) is 8.95. The predicted molar refractivity (Wildman–Crippen MR) is 99.0 cm³/mol. The lowest BCUT2D eigenvalue weighted by atomic mass is 10.2. The number of nitrogen functional groups attached to an aromatic ring is 1. The Kier molecular flexibility index (Phi) is 6.74. The summed E-state index contributed by atoms with van der Waals surface area (Å²) in [5, 5.41) is 1.11. The van der Waals surface area contributed by atoms with Gasteiger partial charge < -0.3 is 15.5 Å². The summed E-state index contributed by atoms with van der Waals surface area (Å²) in [6, 6.07) is 26.9. The van der Waals surface area contributed by atoms with Crippen LogP contribution < -0.4 is 10.8 Å². The Labute approximate surface area is 146 Å². The van der Waals surface area contributed by atoms with Gasteiger partial charge in [0.05, 0.1) is 11.4 Å². The van der Waals surface area contributed by atoms with Crippen molar-refractivity contribution < 1.29 is 19.0 Å². The molecular formula is C18H19N2O4P. The van der Waals surface area contributed by atoms with E-state index < -0.39 is 7.82 Å². The SMILES string of the molecule is Nc1ccccc1.O=P(O)(O)ON(c1ccccc1)c1ccccc1. The largest absolute Gasteiger partial charge is 0.491 e. The van der Waals surface area contributed by atoms with Crippen molar-refractivity contribution in [2.75, 3.05) is 10.8 Å². The lowest BCUT2D eigenvalue weighted by Crippen LogP contribution is -2.15. The number of hydrogen-bond donors (Lipinski definition) is 3. The number of benzene rings is 3. The Morgan fingerprint density at radius 3 is 1.36 bits per heavy atom. The standard InChI is InChI=1S/C12H12NO4P.C6H7N/c14-18(15,16)17-13(11-7-3-1-4-8-11)12-9-5-2-6-10-12;7-6-4-2-1-3-5-6/h1-10H,(H2,14,15,16);1-5H,7H2. The minimum Gasteiger partial charge on any atom is -0.399 e. The second-order valence-corrected chi connectivity index (χ2v) is 6.09. The van der Waals surface area contributed by atoms with Crippen molar-refractivity contribution in [3.63, 3.8) is 0 Å². The van der Waals surface area contributed by atoms with Gasteiger partial charge in [0.25, 0.3) is 0 Å². The molecule has 0 amide bonds. The Bertz CT molecular complexity index is 756. The molecule has 130 valence electrons. The number of nitrogens with zero attached hydrogens (tertiary/aromatic N) is 1. The van der Waals surface area contributed by atoms with Gasteiger partial charge in [-0.25, -0.2) is 9.63 Å². The summed E-state index contributed by atoms with van der Waals surface area (Å²) >= 11 is 0. The average molecular weight is 358 g/mol. The molecule has 0 saturated carbocycles. The second kappa shape index (κ2) is 9.01. The van der Waals surface area contributed by atoms with Crippen molar-refractivity contribution in [3.05, 3.63) is 91.0 Å². The lowest BCUT2D eigenvalue weighted by Gasteiger charge is -2.23. The summed E-state index contributed by atoms with van der Waals surface area (Å²) in [6.07, 6.45) is 0. The first-order chi connectivity index (χ1) is 12.0. The molecule has 4 N–H and O–H groups in total. The maximum Gasteiger partial charge on any atom is 0.491 e. The minimum absolute atomic E-state index is 0.534. The van der Waals surface area contributed by atoms with E-state index in [-0.39, 0.29) is 0 Å². The van der Waals surface area contributed by atoms with Gasteiger partial charge in [-0.15, -0.1) is 0 Å². The number of nitrogens with two attached hydrogens (primary N) is 1. The fourth-order valence-electron chi connectivity index (χ4n) is 1.93. The highest BCUT2D eigenvalue weighted by atomic mass is 31.2. The Hall–Kier alpha value is -2.63. The summed E-state index contributed by atoms with van der Waals surface area (Å²) in [6.45, 7) is 0. The molecule has 0 saturated heterocycles. The van der Waals surface area contributed by atoms with E-state index in [1.54, 1.807) is 48.5 Å². The van der Waals surface area contributed by atoms with Crippen molar-refractivity contribution in [3.8, 4) is 0 Å². The zero-order valence-electron chi connectivity index (χ0n) is 13.3. The smallest absolute Gasteiger partial charge is 0.399 e. The molecule has 3 aromatic rings. The monoisotopic (exact) mass is 358 g/mol. The van der Waals surface area contributed by atoms with E-state index in [1.807, 2.05) is 42.5 Å². The van der Waals surface area contributed by atoms with E-state index in [4.69, 9.17) is 20.1 Å². The van der Waals surface area contributed by atoms with Crippen LogP contribution in [0, 0.1) is 0 Å². The third-order valence-electron chi connectivity index (χ3n) is 2.97. The highest BCUT2D eigenvalue weighted by Gasteiger charge is 2.22. The molecule has 0 aliphatic rings. The number of hydrogen-bond acceptors (Lipinski definition) is 4. The van der Waals surface area contributed by atoms with Crippen LogP contribution in [0.5, 0.6) is 0 Å². The number of para-hydroxylation sites is 3. The Balaban J connectivity index is 0.000000269. The van der Waals surface area contributed by atoms with Gasteiger partial charge in [-0.05, 0) is 36.4 Å². The number of anilines is 3. The third kappa shape index (κ3) is 6.79. The first-order valence-electron chi connectivity index (χ1n) is 7.42. The van der Waals surface area contributed by atoms with Gasteiger partial charge >= 0.3 is 7.82 Å². The van der Waals surface area contributed by atoms with Gasteiger partial charge in [-0.1, -0.05) is 54.6 Å². The van der Waals surface area contributed by atoms with E-state index in [9.17, 15) is 4.57 Å². The van der Waals surface area contributed by atoms with Crippen LogP contribution in [0.4, 0.5) is 17.1 Å². The van der Waals surface area contributed by atoms with Crippen LogP contribution in [0.3, 0.4) is 0 Å². The Morgan fingerprint density at radius 2 is 1.08 bits per heavy atom. The molecule has 0 fully saturated rings. The van der Waals surface area contributed by atoms with Gasteiger partial charge in [0, 0.05) is 5.69 Å². The highest BCUT2D eigenvalue weighted by Crippen LogP contribution is 2.41. The Morgan fingerprint density at radius 1 is 0.720 bits per heavy atom. The number of rotatable bonds is 4. The molecule has 25 heavy (non-hydrogen) atoms. The van der Waals surface area contributed by atoms with Crippen LogP contribution in [0.25, 0.3) is 0 Å².